The highest BCUT2D eigenvalue weighted by Crippen LogP contribution is 2.12. The van der Waals surface area contributed by atoms with Crippen molar-refractivity contribution in [1.82, 2.24) is 0 Å². The molecule has 120 valence electrons. The van der Waals surface area contributed by atoms with E-state index in [4.69, 9.17) is 5.11 Å². The summed E-state index contributed by atoms with van der Waals surface area (Å²) in [6.07, 6.45) is 24.7. The van der Waals surface area contributed by atoms with Gasteiger partial charge in [-0.3, -0.25) is 0 Å². The average Bonchev–Trinajstić information content (AvgIpc) is 2.47. The van der Waals surface area contributed by atoms with E-state index in [-0.39, 0.29) is 0 Å². The van der Waals surface area contributed by atoms with Crippen LogP contribution in [0.2, 0.25) is 0 Å². The van der Waals surface area contributed by atoms with Crippen LogP contribution in [0.4, 0.5) is 0 Å². The van der Waals surface area contributed by atoms with Crippen LogP contribution in [0, 0.1) is 0 Å². The lowest BCUT2D eigenvalue weighted by Gasteiger charge is -2.02. The minimum atomic E-state index is 0.322. The predicted molar refractivity (Wildman–Crippen MR) is 91.2 cm³/mol. The SMILES string of the molecule is CCCCCCCCCCCCCCC=CCCCO. The molecule has 0 heterocycles. The first-order valence-electron chi connectivity index (χ1n) is 9.17. The zero-order valence-electron chi connectivity index (χ0n) is 13.9. The molecule has 0 amide bonds. The summed E-state index contributed by atoms with van der Waals surface area (Å²) >= 11 is 0. The Morgan fingerprint density at radius 2 is 0.950 bits per heavy atom. The maximum Gasteiger partial charge on any atom is 0.0433 e. The molecule has 0 saturated carbocycles. The normalized spacial score (nSPS) is 11.5. The first-order chi connectivity index (χ1) is 9.91. The number of aliphatic hydroxyl groups excluding tert-OH is 1. The van der Waals surface area contributed by atoms with Crippen LogP contribution in [0.15, 0.2) is 12.2 Å². The maximum absolute atomic E-state index is 8.65. The molecular formula is C19H38O. The maximum atomic E-state index is 8.65. The molecule has 20 heavy (non-hydrogen) atoms. The van der Waals surface area contributed by atoms with Crippen LogP contribution in [-0.4, -0.2) is 11.7 Å². The van der Waals surface area contributed by atoms with E-state index in [9.17, 15) is 0 Å². The number of aliphatic hydroxyl groups is 1. The quantitative estimate of drug-likeness (QED) is 0.256. The van der Waals surface area contributed by atoms with Crippen LogP contribution in [0.1, 0.15) is 103 Å². The molecule has 0 aliphatic carbocycles. The molecule has 1 nitrogen and oxygen atoms in total. The van der Waals surface area contributed by atoms with Crippen LogP contribution in [0.25, 0.3) is 0 Å². The molecule has 0 spiro atoms. The summed E-state index contributed by atoms with van der Waals surface area (Å²) in [5, 5.41) is 8.65. The topological polar surface area (TPSA) is 20.2 Å². The van der Waals surface area contributed by atoms with Crippen molar-refractivity contribution in [1.29, 1.82) is 0 Å². The van der Waals surface area contributed by atoms with E-state index in [1.807, 2.05) is 0 Å². The summed E-state index contributed by atoms with van der Waals surface area (Å²) < 4.78 is 0. The van der Waals surface area contributed by atoms with E-state index in [0.29, 0.717) is 6.61 Å². The highest BCUT2D eigenvalue weighted by Gasteiger charge is 1.92. The molecule has 0 saturated heterocycles. The van der Waals surface area contributed by atoms with Gasteiger partial charge in [-0.1, -0.05) is 89.7 Å². The molecular weight excluding hydrogens is 244 g/mol. The van der Waals surface area contributed by atoms with Gasteiger partial charge in [-0.15, -0.1) is 0 Å². The lowest BCUT2D eigenvalue weighted by molar-refractivity contribution is 0.289. The van der Waals surface area contributed by atoms with E-state index in [0.717, 1.165) is 12.8 Å². The lowest BCUT2D eigenvalue weighted by Crippen LogP contribution is -1.82. The summed E-state index contributed by atoms with van der Waals surface area (Å²) in [7, 11) is 0. The van der Waals surface area contributed by atoms with E-state index < -0.39 is 0 Å². The second-order valence-electron chi connectivity index (χ2n) is 6.02. The Kier molecular flexibility index (Phi) is 18.4. The molecule has 0 radical (unpaired) electrons. The van der Waals surface area contributed by atoms with Gasteiger partial charge < -0.3 is 5.11 Å². The minimum Gasteiger partial charge on any atom is -0.396 e. The van der Waals surface area contributed by atoms with Crippen LogP contribution in [0.5, 0.6) is 0 Å². The van der Waals surface area contributed by atoms with Gasteiger partial charge >= 0.3 is 0 Å². The summed E-state index contributed by atoms with van der Waals surface area (Å²) in [6, 6.07) is 0. The molecule has 0 aliphatic heterocycles. The molecule has 1 N–H and O–H groups in total. The number of rotatable bonds is 16. The highest BCUT2D eigenvalue weighted by molar-refractivity contribution is 4.81. The van der Waals surface area contributed by atoms with E-state index in [2.05, 4.69) is 19.1 Å². The molecule has 0 unspecified atom stereocenters. The monoisotopic (exact) mass is 282 g/mol. The first kappa shape index (κ1) is 19.7. The Balaban J connectivity index is 2.97. The number of unbranched alkanes of at least 4 members (excludes halogenated alkanes) is 13. The van der Waals surface area contributed by atoms with E-state index in [1.165, 1.54) is 83.5 Å². The summed E-state index contributed by atoms with van der Waals surface area (Å²) in [5.74, 6) is 0. The standard InChI is InChI=1S/C19H38O/c1-2-3-4-5-6-7-8-9-10-11-12-13-14-15-16-17-18-19-20/h15-16,20H,2-14,17-19H2,1H3. The van der Waals surface area contributed by atoms with Crippen LogP contribution < -0.4 is 0 Å². The fourth-order valence-corrected chi connectivity index (χ4v) is 2.55. The largest absolute Gasteiger partial charge is 0.396 e. The minimum absolute atomic E-state index is 0.322. The Morgan fingerprint density at radius 3 is 1.40 bits per heavy atom. The molecule has 0 aromatic heterocycles. The predicted octanol–water partition coefficient (Wildman–Crippen LogP) is 6.41. The van der Waals surface area contributed by atoms with Crippen molar-refractivity contribution >= 4 is 0 Å². The van der Waals surface area contributed by atoms with Crippen molar-refractivity contribution in [3.63, 3.8) is 0 Å². The first-order valence-corrected chi connectivity index (χ1v) is 9.17. The molecule has 0 aromatic rings. The zero-order chi connectivity index (χ0) is 14.7. The summed E-state index contributed by atoms with van der Waals surface area (Å²) in [5.41, 5.74) is 0. The molecule has 0 bridgehead atoms. The van der Waals surface area contributed by atoms with E-state index in [1.54, 1.807) is 0 Å². The molecule has 0 fully saturated rings. The van der Waals surface area contributed by atoms with Gasteiger partial charge in [-0.05, 0) is 25.7 Å². The van der Waals surface area contributed by atoms with Crippen LogP contribution in [-0.2, 0) is 0 Å². The Labute approximate surface area is 127 Å². The molecule has 1 heteroatoms. The summed E-state index contributed by atoms with van der Waals surface area (Å²) in [6.45, 7) is 2.61. The van der Waals surface area contributed by atoms with Crippen molar-refractivity contribution < 1.29 is 5.11 Å². The third-order valence-corrected chi connectivity index (χ3v) is 3.92. The van der Waals surface area contributed by atoms with Crippen molar-refractivity contribution in [2.24, 2.45) is 0 Å². The molecule has 0 aromatic carbocycles. The van der Waals surface area contributed by atoms with Crippen molar-refractivity contribution in [3.8, 4) is 0 Å². The average molecular weight is 283 g/mol. The smallest absolute Gasteiger partial charge is 0.0433 e. The van der Waals surface area contributed by atoms with Crippen molar-refractivity contribution in [3.05, 3.63) is 12.2 Å². The van der Waals surface area contributed by atoms with Gasteiger partial charge in [-0.25, -0.2) is 0 Å². The fraction of sp³-hybridized carbons (Fsp3) is 0.895. The lowest BCUT2D eigenvalue weighted by atomic mass is 10.0. The highest BCUT2D eigenvalue weighted by atomic mass is 16.2. The van der Waals surface area contributed by atoms with E-state index >= 15 is 0 Å². The van der Waals surface area contributed by atoms with Gasteiger partial charge in [0.15, 0.2) is 0 Å². The second kappa shape index (κ2) is 18.7. The Morgan fingerprint density at radius 1 is 0.550 bits per heavy atom. The van der Waals surface area contributed by atoms with Gasteiger partial charge in [0.05, 0.1) is 0 Å². The molecule has 0 aliphatic rings. The summed E-state index contributed by atoms with van der Waals surface area (Å²) in [4.78, 5) is 0. The third kappa shape index (κ3) is 17.7. The van der Waals surface area contributed by atoms with Crippen LogP contribution >= 0.6 is 0 Å². The van der Waals surface area contributed by atoms with Gasteiger partial charge in [0, 0.05) is 6.61 Å². The van der Waals surface area contributed by atoms with Gasteiger partial charge in [0.2, 0.25) is 0 Å². The number of allylic oxidation sites excluding steroid dienone is 2. The zero-order valence-corrected chi connectivity index (χ0v) is 13.9. The van der Waals surface area contributed by atoms with Gasteiger partial charge in [0.25, 0.3) is 0 Å². The Hall–Kier alpha value is -0.300. The van der Waals surface area contributed by atoms with Crippen LogP contribution in [0.3, 0.4) is 0 Å². The molecule has 0 rings (SSSR count). The van der Waals surface area contributed by atoms with Gasteiger partial charge in [-0.2, -0.15) is 0 Å². The van der Waals surface area contributed by atoms with Crippen molar-refractivity contribution in [2.45, 2.75) is 103 Å². The third-order valence-electron chi connectivity index (χ3n) is 3.92. The van der Waals surface area contributed by atoms with Gasteiger partial charge in [0.1, 0.15) is 0 Å². The fourth-order valence-electron chi connectivity index (χ4n) is 2.55. The Bertz CT molecular complexity index is 186. The van der Waals surface area contributed by atoms with Crippen molar-refractivity contribution in [2.75, 3.05) is 6.61 Å². The second-order valence-corrected chi connectivity index (χ2v) is 6.02. The number of hydrogen-bond acceptors (Lipinski definition) is 1. The molecule has 0 atom stereocenters. The number of hydrogen-bond donors (Lipinski definition) is 1.